The maximum atomic E-state index is 11.9. The minimum Gasteiger partial charge on any atom is -0.324 e. The van der Waals surface area contributed by atoms with Gasteiger partial charge >= 0.3 is 0 Å². The second-order valence-corrected chi connectivity index (χ2v) is 4.23. The molecule has 1 N–H and O–H groups in total. The lowest BCUT2D eigenvalue weighted by Gasteiger charge is -2.07. The van der Waals surface area contributed by atoms with Crippen LogP contribution in [0.5, 0.6) is 0 Å². The van der Waals surface area contributed by atoms with E-state index in [1.165, 1.54) is 6.33 Å². The Morgan fingerprint density at radius 3 is 3.16 bits per heavy atom. The lowest BCUT2D eigenvalue weighted by Crippen LogP contribution is -2.12. The summed E-state index contributed by atoms with van der Waals surface area (Å²) in [5, 5.41) is 7.00. The van der Waals surface area contributed by atoms with Gasteiger partial charge in [-0.2, -0.15) is 14.6 Å². The fourth-order valence-corrected chi connectivity index (χ4v) is 2.26. The SMILES string of the molecule is O=C1Cc2cnc3ncnn3c2-c2ncccc2N1. The molecule has 19 heavy (non-hydrogen) atoms. The average Bonchev–Trinajstić information content (AvgIpc) is 2.82. The largest absolute Gasteiger partial charge is 0.324 e. The second-order valence-electron chi connectivity index (χ2n) is 4.23. The van der Waals surface area contributed by atoms with Gasteiger partial charge in [-0.05, 0) is 12.1 Å². The predicted molar refractivity (Wildman–Crippen MR) is 66.3 cm³/mol. The van der Waals surface area contributed by atoms with Gasteiger partial charge in [-0.1, -0.05) is 0 Å². The van der Waals surface area contributed by atoms with Gasteiger partial charge in [0.25, 0.3) is 5.78 Å². The third-order valence-electron chi connectivity index (χ3n) is 3.04. The van der Waals surface area contributed by atoms with Crippen molar-refractivity contribution in [2.45, 2.75) is 6.42 Å². The summed E-state index contributed by atoms with van der Waals surface area (Å²) in [4.78, 5) is 24.5. The molecule has 1 aliphatic heterocycles. The number of rotatable bonds is 0. The molecule has 4 heterocycles. The summed E-state index contributed by atoms with van der Waals surface area (Å²) in [5.41, 5.74) is 2.90. The smallest absolute Gasteiger partial charge is 0.252 e. The number of amides is 1. The van der Waals surface area contributed by atoms with E-state index >= 15 is 0 Å². The van der Waals surface area contributed by atoms with Gasteiger partial charge in [0.1, 0.15) is 17.7 Å². The van der Waals surface area contributed by atoms with Crippen molar-refractivity contribution in [3.8, 4) is 11.4 Å². The molecule has 4 rings (SSSR count). The van der Waals surface area contributed by atoms with Crippen LogP contribution in [0.2, 0.25) is 0 Å². The number of hydrogen-bond acceptors (Lipinski definition) is 5. The number of fused-ring (bicyclic) bond motifs is 5. The zero-order valence-corrected chi connectivity index (χ0v) is 9.74. The number of anilines is 1. The summed E-state index contributed by atoms with van der Waals surface area (Å²) in [6.07, 6.45) is 5.02. The van der Waals surface area contributed by atoms with Crippen LogP contribution in [0.1, 0.15) is 5.56 Å². The van der Waals surface area contributed by atoms with Crippen LogP contribution >= 0.6 is 0 Å². The first kappa shape index (κ1) is 10.1. The van der Waals surface area contributed by atoms with Crippen LogP contribution in [-0.4, -0.2) is 30.5 Å². The lowest BCUT2D eigenvalue weighted by atomic mass is 10.1. The first-order valence-corrected chi connectivity index (χ1v) is 5.76. The predicted octanol–water partition coefficient (Wildman–Crippen LogP) is 0.681. The van der Waals surface area contributed by atoms with E-state index in [0.29, 0.717) is 17.2 Å². The van der Waals surface area contributed by atoms with Crippen LogP contribution in [0, 0.1) is 0 Å². The van der Waals surface area contributed by atoms with Gasteiger partial charge in [-0.15, -0.1) is 0 Å². The van der Waals surface area contributed by atoms with E-state index in [-0.39, 0.29) is 12.3 Å². The van der Waals surface area contributed by atoms with Gasteiger partial charge in [-0.25, -0.2) is 4.98 Å². The summed E-state index contributed by atoms with van der Waals surface area (Å²) in [6.45, 7) is 0. The molecule has 1 aliphatic rings. The zero-order valence-electron chi connectivity index (χ0n) is 9.74. The Morgan fingerprint density at radius 2 is 2.21 bits per heavy atom. The maximum absolute atomic E-state index is 11.9. The molecule has 0 spiro atoms. The Labute approximate surface area is 107 Å². The molecule has 3 aromatic rings. The van der Waals surface area contributed by atoms with E-state index in [1.807, 2.05) is 6.07 Å². The minimum atomic E-state index is -0.0886. The third kappa shape index (κ3) is 1.41. The summed E-state index contributed by atoms with van der Waals surface area (Å²) in [7, 11) is 0. The Bertz CT molecular complexity index is 809. The number of nitrogens with one attached hydrogen (secondary N) is 1. The molecule has 1 amide bonds. The van der Waals surface area contributed by atoms with Gasteiger partial charge in [0.2, 0.25) is 5.91 Å². The van der Waals surface area contributed by atoms with E-state index in [1.54, 1.807) is 23.0 Å². The van der Waals surface area contributed by atoms with Crippen molar-refractivity contribution in [3.63, 3.8) is 0 Å². The highest BCUT2D eigenvalue weighted by molar-refractivity contribution is 5.99. The molecule has 0 radical (unpaired) electrons. The molecule has 0 aromatic carbocycles. The number of hydrogen-bond donors (Lipinski definition) is 1. The number of aromatic nitrogens is 5. The summed E-state index contributed by atoms with van der Waals surface area (Å²) in [5.74, 6) is 0.402. The highest BCUT2D eigenvalue weighted by Gasteiger charge is 2.23. The van der Waals surface area contributed by atoms with Gasteiger partial charge < -0.3 is 5.32 Å². The van der Waals surface area contributed by atoms with E-state index in [2.05, 4.69) is 25.4 Å². The minimum absolute atomic E-state index is 0.0886. The first-order chi connectivity index (χ1) is 9.33. The summed E-state index contributed by atoms with van der Waals surface area (Å²) in [6, 6.07) is 3.60. The molecule has 3 aromatic heterocycles. The average molecular weight is 252 g/mol. The van der Waals surface area contributed by atoms with E-state index in [0.717, 1.165) is 11.3 Å². The second kappa shape index (κ2) is 3.58. The molecule has 0 bridgehead atoms. The molecule has 0 fully saturated rings. The Morgan fingerprint density at radius 1 is 1.26 bits per heavy atom. The van der Waals surface area contributed by atoms with Crippen LogP contribution in [0.25, 0.3) is 17.2 Å². The van der Waals surface area contributed by atoms with Crippen LogP contribution in [-0.2, 0) is 11.2 Å². The normalized spacial score (nSPS) is 13.6. The van der Waals surface area contributed by atoms with Crippen molar-refractivity contribution in [1.82, 2.24) is 24.6 Å². The molecule has 0 unspecified atom stereocenters. The summed E-state index contributed by atoms with van der Waals surface area (Å²) < 4.78 is 1.61. The van der Waals surface area contributed by atoms with Crippen molar-refractivity contribution < 1.29 is 4.79 Å². The monoisotopic (exact) mass is 252 g/mol. The molecule has 92 valence electrons. The Kier molecular flexibility index (Phi) is 1.91. The van der Waals surface area contributed by atoms with Gasteiger partial charge in [0.05, 0.1) is 12.1 Å². The molecular weight excluding hydrogens is 244 g/mol. The van der Waals surface area contributed by atoms with Crippen molar-refractivity contribution in [3.05, 3.63) is 36.4 Å². The molecule has 7 nitrogen and oxygen atoms in total. The number of pyridine rings is 1. The Hall–Kier alpha value is -2.83. The number of carbonyl (C=O) groups excluding carboxylic acids is 1. The van der Waals surface area contributed by atoms with Crippen molar-refractivity contribution in [2.24, 2.45) is 0 Å². The van der Waals surface area contributed by atoms with Crippen LogP contribution in [0.15, 0.2) is 30.9 Å². The maximum Gasteiger partial charge on any atom is 0.252 e. The van der Waals surface area contributed by atoms with Crippen LogP contribution < -0.4 is 5.32 Å². The van der Waals surface area contributed by atoms with Crippen LogP contribution in [0.4, 0.5) is 5.69 Å². The van der Waals surface area contributed by atoms with Crippen molar-refractivity contribution >= 4 is 17.4 Å². The van der Waals surface area contributed by atoms with Gasteiger partial charge in [-0.3, -0.25) is 9.78 Å². The first-order valence-electron chi connectivity index (χ1n) is 5.76. The zero-order chi connectivity index (χ0) is 12.8. The van der Waals surface area contributed by atoms with Crippen molar-refractivity contribution in [1.29, 1.82) is 0 Å². The summed E-state index contributed by atoms with van der Waals surface area (Å²) >= 11 is 0. The van der Waals surface area contributed by atoms with Gasteiger partial charge in [0.15, 0.2) is 0 Å². The molecule has 0 saturated carbocycles. The fraction of sp³-hybridized carbons (Fsp3) is 0.0833. The number of carbonyl (C=O) groups is 1. The quantitative estimate of drug-likeness (QED) is 0.636. The van der Waals surface area contributed by atoms with Crippen molar-refractivity contribution in [2.75, 3.05) is 5.32 Å². The molecular formula is C12H8N6O. The molecule has 7 heteroatoms. The molecule has 0 saturated heterocycles. The fourth-order valence-electron chi connectivity index (χ4n) is 2.26. The number of nitrogens with zero attached hydrogens (tertiary/aromatic N) is 5. The van der Waals surface area contributed by atoms with Crippen LogP contribution in [0.3, 0.4) is 0 Å². The van der Waals surface area contributed by atoms with E-state index < -0.39 is 0 Å². The van der Waals surface area contributed by atoms with E-state index in [9.17, 15) is 4.79 Å². The molecule has 0 aliphatic carbocycles. The van der Waals surface area contributed by atoms with Gasteiger partial charge in [0, 0.05) is 18.0 Å². The Balaban J connectivity index is 2.16. The highest BCUT2D eigenvalue weighted by atomic mass is 16.1. The van der Waals surface area contributed by atoms with E-state index in [4.69, 9.17) is 0 Å². The molecule has 0 atom stereocenters. The lowest BCUT2D eigenvalue weighted by molar-refractivity contribution is -0.115. The topological polar surface area (TPSA) is 85.1 Å². The standard InChI is InChI=1S/C12H8N6O/c19-9-4-7-5-14-12-15-6-16-18(12)11(7)10-8(17-9)2-1-3-13-10/h1-3,5-6H,4H2,(H,17,19). The highest BCUT2D eigenvalue weighted by Crippen LogP contribution is 2.31. The third-order valence-corrected chi connectivity index (χ3v) is 3.04.